The molecule has 0 bridgehead atoms. The normalized spacial score (nSPS) is 13.2. The number of rotatable bonds is 2. The van der Waals surface area contributed by atoms with Crippen LogP contribution in [-0.2, 0) is 20.6 Å². The van der Waals surface area contributed by atoms with Crippen molar-refractivity contribution in [2.45, 2.75) is 19.6 Å². The molecule has 98 valence electrons. The largest absolute Gasteiger partial charge is 0.392 e. The van der Waals surface area contributed by atoms with Crippen LogP contribution in [0.2, 0.25) is 0 Å². The van der Waals surface area contributed by atoms with E-state index in [4.69, 9.17) is 0 Å². The van der Waals surface area contributed by atoms with Crippen molar-refractivity contribution in [3.05, 3.63) is 25.6 Å². The van der Waals surface area contributed by atoms with Gasteiger partial charge in [0, 0.05) is 14.1 Å². The molecule has 0 aliphatic rings. The number of imidazole rings is 1. The zero-order valence-corrected chi connectivity index (χ0v) is 11.8. The van der Waals surface area contributed by atoms with E-state index in [1.165, 1.54) is 11.6 Å². The number of aliphatic hydroxyl groups is 1. The molecule has 0 aromatic carbocycles. The summed E-state index contributed by atoms with van der Waals surface area (Å²) in [7, 11) is 2.97. The Morgan fingerprint density at radius 3 is 2.50 bits per heavy atom. The SMILES string of the molecule is C[C@@H](O)Cn1c(Br)nc2c1c(=O)n(C)c(=O)n2C. The fourth-order valence-electron chi connectivity index (χ4n) is 1.85. The fourth-order valence-corrected chi connectivity index (χ4v) is 2.34. The molecule has 0 amide bonds. The van der Waals surface area contributed by atoms with Gasteiger partial charge in [-0.15, -0.1) is 0 Å². The molecule has 2 aromatic rings. The predicted molar refractivity (Wildman–Crippen MR) is 69.6 cm³/mol. The van der Waals surface area contributed by atoms with Crippen LogP contribution in [0.1, 0.15) is 6.92 Å². The van der Waals surface area contributed by atoms with Gasteiger partial charge in [0.15, 0.2) is 15.9 Å². The molecule has 0 fully saturated rings. The lowest BCUT2D eigenvalue weighted by atomic mass is 10.4. The van der Waals surface area contributed by atoms with E-state index >= 15 is 0 Å². The Bertz CT molecular complexity index is 725. The van der Waals surface area contributed by atoms with E-state index in [2.05, 4.69) is 20.9 Å². The molecule has 18 heavy (non-hydrogen) atoms. The average molecular weight is 317 g/mol. The number of fused-ring (bicyclic) bond motifs is 1. The van der Waals surface area contributed by atoms with E-state index in [0.29, 0.717) is 15.9 Å². The number of aromatic nitrogens is 4. The number of aryl methyl sites for hydroxylation is 1. The molecular weight excluding hydrogens is 304 g/mol. The molecule has 2 aromatic heterocycles. The van der Waals surface area contributed by atoms with E-state index in [1.54, 1.807) is 18.5 Å². The second-order valence-corrected chi connectivity index (χ2v) is 4.93. The molecule has 0 radical (unpaired) electrons. The summed E-state index contributed by atoms with van der Waals surface area (Å²) in [5.41, 5.74) is -0.253. The molecule has 2 heterocycles. The van der Waals surface area contributed by atoms with Gasteiger partial charge in [0.25, 0.3) is 5.56 Å². The summed E-state index contributed by atoms with van der Waals surface area (Å²) in [5.74, 6) is 0. The van der Waals surface area contributed by atoms with Crippen molar-refractivity contribution in [2.75, 3.05) is 0 Å². The standard InChI is InChI=1S/C10H13BrN4O3/c1-5(16)4-15-6-7(12-9(15)11)13(2)10(18)14(3)8(6)17/h5,16H,4H2,1-3H3/t5-/m1/s1. The first kappa shape index (κ1) is 13.0. The minimum Gasteiger partial charge on any atom is -0.392 e. The third kappa shape index (κ3) is 1.81. The second-order valence-electron chi connectivity index (χ2n) is 4.22. The van der Waals surface area contributed by atoms with Gasteiger partial charge in [0.2, 0.25) is 0 Å². The van der Waals surface area contributed by atoms with Crippen LogP contribution in [-0.4, -0.2) is 29.9 Å². The lowest BCUT2D eigenvalue weighted by Crippen LogP contribution is -2.37. The van der Waals surface area contributed by atoms with Crippen molar-refractivity contribution in [1.82, 2.24) is 18.7 Å². The Morgan fingerprint density at radius 1 is 1.33 bits per heavy atom. The highest BCUT2D eigenvalue weighted by Gasteiger charge is 2.18. The van der Waals surface area contributed by atoms with Gasteiger partial charge in [0.1, 0.15) is 0 Å². The number of aliphatic hydroxyl groups excluding tert-OH is 1. The van der Waals surface area contributed by atoms with E-state index in [9.17, 15) is 14.7 Å². The summed E-state index contributed by atoms with van der Waals surface area (Å²) in [4.78, 5) is 28.0. The Labute approximate surface area is 110 Å². The topological polar surface area (TPSA) is 82.1 Å². The number of hydrogen-bond donors (Lipinski definition) is 1. The predicted octanol–water partition coefficient (Wildman–Crippen LogP) is -0.423. The van der Waals surface area contributed by atoms with E-state index in [0.717, 1.165) is 4.57 Å². The molecule has 7 nitrogen and oxygen atoms in total. The highest BCUT2D eigenvalue weighted by atomic mass is 79.9. The van der Waals surface area contributed by atoms with Crippen molar-refractivity contribution >= 4 is 27.1 Å². The van der Waals surface area contributed by atoms with Gasteiger partial charge in [-0.3, -0.25) is 13.9 Å². The Kier molecular flexibility index (Phi) is 3.16. The quantitative estimate of drug-likeness (QED) is 0.763. The minimum absolute atomic E-state index is 0.227. The van der Waals surface area contributed by atoms with Crippen molar-refractivity contribution in [3.63, 3.8) is 0 Å². The van der Waals surface area contributed by atoms with Crippen molar-refractivity contribution in [1.29, 1.82) is 0 Å². The molecule has 0 unspecified atom stereocenters. The van der Waals surface area contributed by atoms with Crippen LogP contribution in [0.4, 0.5) is 0 Å². The van der Waals surface area contributed by atoms with Crippen LogP contribution in [0.15, 0.2) is 14.3 Å². The van der Waals surface area contributed by atoms with Crippen LogP contribution in [0, 0.1) is 0 Å². The van der Waals surface area contributed by atoms with Crippen LogP contribution in [0.5, 0.6) is 0 Å². The molecule has 0 aliphatic carbocycles. The first-order chi connectivity index (χ1) is 8.34. The lowest BCUT2D eigenvalue weighted by molar-refractivity contribution is 0.174. The molecule has 1 atom stereocenters. The second kappa shape index (κ2) is 4.36. The molecule has 0 aliphatic heterocycles. The number of halogens is 1. The van der Waals surface area contributed by atoms with Crippen LogP contribution < -0.4 is 11.2 Å². The van der Waals surface area contributed by atoms with Gasteiger partial charge in [-0.1, -0.05) is 0 Å². The van der Waals surface area contributed by atoms with Gasteiger partial charge in [-0.05, 0) is 22.9 Å². The van der Waals surface area contributed by atoms with Crippen molar-refractivity contribution in [3.8, 4) is 0 Å². The third-order valence-electron chi connectivity index (χ3n) is 2.75. The van der Waals surface area contributed by atoms with Crippen LogP contribution in [0.3, 0.4) is 0 Å². The monoisotopic (exact) mass is 316 g/mol. The average Bonchev–Trinajstić information content (AvgIpc) is 2.61. The lowest BCUT2D eigenvalue weighted by Gasteiger charge is -2.08. The zero-order valence-electron chi connectivity index (χ0n) is 10.2. The fraction of sp³-hybridized carbons (Fsp3) is 0.500. The zero-order chi connectivity index (χ0) is 13.6. The van der Waals surface area contributed by atoms with Gasteiger partial charge in [-0.25, -0.2) is 9.78 Å². The van der Waals surface area contributed by atoms with E-state index in [1.807, 2.05) is 0 Å². The maximum Gasteiger partial charge on any atom is 0.332 e. The molecule has 0 saturated carbocycles. The summed E-state index contributed by atoms with van der Waals surface area (Å²) in [6.07, 6.45) is -0.624. The summed E-state index contributed by atoms with van der Waals surface area (Å²) in [6, 6.07) is 0. The molecule has 2 rings (SSSR count). The highest BCUT2D eigenvalue weighted by molar-refractivity contribution is 9.10. The molecule has 1 N–H and O–H groups in total. The van der Waals surface area contributed by atoms with E-state index in [-0.39, 0.29) is 6.54 Å². The number of nitrogens with zero attached hydrogens (tertiary/aromatic N) is 4. The Hall–Kier alpha value is -1.41. The summed E-state index contributed by atoms with van der Waals surface area (Å²) in [5, 5.41) is 9.45. The minimum atomic E-state index is -0.624. The van der Waals surface area contributed by atoms with Gasteiger partial charge in [-0.2, -0.15) is 0 Å². The summed E-state index contributed by atoms with van der Waals surface area (Å²) >= 11 is 3.23. The van der Waals surface area contributed by atoms with Gasteiger partial charge >= 0.3 is 5.69 Å². The molecule has 8 heteroatoms. The smallest absolute Gasteiger partial charge is 0.332 e. The number of hydrogen-bond acceptors (Lipinski definition) is 4. The molecule has 0 saturated heterocycles. The van der Waals surface area contributed by atoms with Gasteiger partial charge in [0.05, 0.1) is 12.6 Å². The van der Waals surface area contributed by atoms with E-state index < -0.39 is 17.4 Å². The highest BCUT2D eigenvalue weighted by Crippen LogP contribution is 2.16. The summed E-state index contributed by atoms with van der Waals surface area (Å²) < 4.78 is 4.30. The van der Waals surface area contributed by atoms with Crippen molar-refractivity contribution < 1.29 is 5.11 Å². The maximum atomic E-state index is 12.1. The third-order valence-corrected chi connectivity index (χ3v) is 3.35. The first-order valence-corrected chi connectivity index (χ1v) is 6.13. The molecular formula is C10H13BrN4O3. The first-order valence-electron chi connectivity index (χ1n) is 5.34. The van der Waals surface area contributed by atoms with Crippen molar-refractivity contribution in [2.24, 2.45) is 14.1 Å². The van der Waals surface area contributed by atoms with Gasteiger partial charge < -0.3 is 9.67 Å². The summed E-state index contributed by atoms with van der Waals surface area (Å²) in [6.45, 7) is 1.84. The maximum absolute atomic E-state index is 12.1. The Morgan fingerprint density at radius 2 is 1.94 bits per heavy atom. The van der Waals surface area contributed by atoms with Crippen LogP contribution >= 0.6 is 15.9 Å². The molecule has 0 spiro atoms. The Balaban J connectivity index is 2.95. The van der Waals surface area contributed by atoms with Crippen LogP contribution in [0.25, 0.3) is 11.2 Å².